The van der Waals surface area contributed by atoms with E-state index in [0.29, 0.717) is 8.42 Å². The zero-order valence-corrected chi connectivity index (χ0v) is 8.86. The maximum absolute atomic E-state index is 10.3. The molecule has 2 unspecified atom stereocenters. The van der Waals surface area contributed by atoms with Gasteiger partial charge in [-0.1, -0.05) is 22.3 Å². The maximum Gasteiger partial charge on any atom is 0.318 e. The highest BCUT2D eigenvalue weighted by molar-refractivity contribution is 8.01. The first-order valence-electron chi connectivity index (χ1n) is 3.63. The fraction of sp³-hybridized carbons (Fsp3) is 0.833. The van der Waals surface area contributed by atoms with Gasteiger partial charge in [0.05, 0.1) is 0 Å². The van der Waals surface area contributed by atoms with E-state index in [0.717, 1.165) is 19.4 Å². The third-order valence-electron chi connectivity index (χ3n) is 1.29. The van der Waals surface area contributed by atoms with Gasteiger partial charge in [0, 0.05) is 6.54 Å². The minimum atomic E-state index is -0.740. The Morgan fingerprint density at radius 1 is 1.73 bits per heavy atom. The van der Waals surface area contributed by atoms with Crippen LogP contribution in [-0.2, 0) is 4.79 Å². The maximum atomic E-state index is 10.3. The Balaban J connectivity index is 3.49. The Bertz CT molecular complexity index is 121. The van der Waals surface area contributed by atoms with E-state index >= 15 is 0 Å². The van der Waals surface area contributed by atoms with Crippen LogP contribution < -0.4 is 0 Å². The van der Waals surface area contributed by atoms with Gasteiger partial charge in [-0.15, -0.1) is 0 Å². The molecule has 0 amide bonds. The fourth-order valence-electron chi connectivity index (χ4n) is 0.701. The Labute approximate surface area is 71.5 Å². The molecule has 0 rings (SSSR count). The van der Waals surface area contributed by atoms with E-state index in [1.54, 1.807) is 0 Å². The molecule has 0 aliphatic rings. The molecule has 66 valence electrons. The van der Waals surface area contributed by atoms with E-state index < -0.39 is 5.97 Å². The van der Waals surface area contributed by atoms with Crippen LogP contribution in [0.25, 0.3) is 0 Å². The van der Waals surface area contributed by atoms with Crippen molar-refractivity contribution in [2.24, 2.45) is 0 Å². The molecule has 0 spiro atoms. The lowest BCUT2D eigenvalue weighted by molar-refractivity contribution is -0.137. The number of carboxylic acid groups (broad SMARTS) is 1. The molecule has 0 bridgehead atoms. The van der Waals surface area contributed by atoms with E-state index in [-0.39, 0.29) is 6.54 Å². The van der Waals surface area contributed by atoms with E-state index in [1.165, 1.54) is 0 Å². The fourth-order valence-corrected chi connectivity index (χ4v) is 1.88. The van der Waals surface area contributed by atoms with Crippen LogP contribution in [0.3, 0.4) is 0 Å². The highest BCUT2D eigenvalue weighted by Gasteiger charge is 2.05. The van der Waals surface area contributed by atoms with Crippen LogP contribution >= 0.6 is 17.3 Å². The Hall–Kier alpha value is 0.290. The predicted molar refractivity (Wildman–Crippen MR) is 52.1 cm³/mol. The molecule has 0 saturated heterocycles. The lowest BCUT2D eigenvalue weighted by atomic mass is 10.3. The molecule has 0 aromatic rings. The van der Waals surface area contributed by atoms with Crippen molar-refractivity contribution in [3.05, 3.63) is 0 Å². The van der Waals surface area contributed by atoms with Crippen LogP contribution in [0.4, 0.5) is 0 Å². The monoisotopic (exact) mass is 195 g/mol. The van der Waals surface area contributed by atoms with Crippen molar-refractivity contribution in [1.29, 1.82) is 0 Å². The second kappa shape index (κ2) is 6.97. The van der Waals surface area contributed by atoms with Crippen molar-refractivity contribution in [2.75, 3.05) is 13.1 Å². The molecular formula is C6H15NO2P2. The largest absolute Gasteiger partial charge is 0.480 e. The zero-order chi connectivity index (χ0) is 8.69. The average molecular weight is 195 g/mol. The minimum absolute atomic E-state index is 0.169. The molecule has 11 heavy (non-hydrogen) atoms. The van der Waals surface area contributed by atoms with Crippen molar-refractivity contribution >= 4 is 23.3 Å². The number of hydrogen-bond donors (Lipinski definition) is 1. The smallest absolute Gasteiger partial charge is 0.318 e. The number of aliphatic carboxylic acids is 1. The first-order chi connectivity index (χ1) is 5.20. The second-order valence-electron chi connectivity index (χ2n) is 2.30. The first-order valence-corrected chi connectivity index (χ1v) is 6.39. The number of carboxylic acids is 1. The molecule has 0 radical (unpaired) electrons. The summed E-state index contributed by atoms with van der Waals surface area (Å²) >= 11 is 0. The van der Waals surface area contributed by atoms with Crippen LogP contribution in [-0.4, -0.2) is 28.8 Å². The molecule has 0 heterocycles. The third kappa shape index (κ3) is 6.68. The summed E-state index contributed by atoms with van der Waals surface area (Å²) in [5.41, 5.74) is 0. The van der Waals surface area contributed by atoms with Crippen molar-refractivity contribution < 1.29 is 9.90 Å². The minimum Gasteiger partial charge on any atom is -0.480 e. The molecule has 0 saturated carbocycles. The predicted octanol–water partition coefficient (Wildman–Crippen LogP) is 1.56. The third-order valence-corrected chi connectivity index (χ3v) is 3.13. The SMILES string of the molecule is CCCCN(CC(=O)O)PP. The summed E-state index contributed by atoms with van der Waals surface area (Å²) in [7, 11) is 3.09. The number of unbranched alkanes of at least 4 members (excludes halogenated alkanes) is 1. The van der Waals surface area contributed by atoms with Crippen LogP contribution in [0.15, 0.2) is 0 Å². The summed E-state index contributed by atoms with van der Waals surface area (Å²) in [6.07, 6.45) is 2.19. The van der Waals surface area contributed by atoms with Gasteiger partial charge in [-0.25, -0.2) is 0 Å². The van der Waals surface area contributed by atoms with Gasteiger partial charge in [0.2, 0.25) is 0 Å². The topological polar surface area (TPSA) is 40.5 Å². The van der Waals surface area contributed by atoms with Crippen LogP contribution in [0.5, 0.6) is 0 Å². The summed E-state index contributed by atoms with van der Waals surface area (Å²) in [6.45, 7) is 3.16. The summed E-state index contributed by atoms with van der Waals surface area (Å²) < 4.78 is 1.93. The average Bonchev–Trinajstić information content (AvgIpc) is 1.97. The molecule has 1 N–H and O–H groups in total. The van der Waals surface area contributed by atoms with Gasteiger partial charge in [0.1, 0.15) is 6.54 Å². The van der Waals surface area contributed by atoms with Gasteiger partial charge in [-0.3, -0.25) is 9.46 Å². The number of nitrogens with zero attached hydrogens (tertiary/aromatic N) is 1. The van der Waals surface area contributed by atoms with Gasteiger partial charge in [0.15, 0.2) is 0 Å². The van der Waals surface area contributed by atoms with Gasteiger partial charge in [-0.2, -0.15) is 0 Å². The second-order valence-corrected chi connectivity index (χ2v) is 3.96. The van der Waals surface area contributed by atoms with Gasteiger partial charge >= 0.3 is 5.97 Å². The quantitative estimate of drug-likeness (QED) is 0.654. The van der Waals surface area contributed by atoms with Gasteiger partial charge in [-0.05, 0) is 14.8 Å². The molecule has 0 aromatic carbocycles. The Morgan fingerprint density at radius 2 is 2.36 bits per heavy atom. The lowest BCUT2D eigenvalue weighted by Gasteiger charge is -2.16. The van der Waals surface area contributed by atoms with E-state index in [4.69, 9.17) is 5.11 Å². The summed E-state index contributed by atoms with van der Waals surface area (Å²) in [5.74, 6) is -0.740. The molecule has 0 aliphatic heterocycles. The number of carbonyl (C=O) groups is 1. The molecule has 2 atom stereocenters. The number of hydrogen-bond acceptors (Lipinski definition) is 2. The molecule has 0 aliphatic carbocycles. The molecule has 0 fully saturated rings. The standard InChI is InChI=1S/C6H15NO2P2/c1-2-3-4-7(11-10)5-6(8)9/h11H,2-5,10H2,1H3,(H,8,9). The summed E-state index contributed by atoms with van der Waals surface area (Å²) in [5, 5.41) is 8.47. The van der Waals surface area contributed by atoms with E-state index in [9.17, 15) is 4.79 Å². The molecular weight excluding hydrogens is 180 g/mol. The van der Waals surface area contributed by atoms with Crippen molar-refractivity contribution in [1.82, 2.24) is 4.67 Å². The van der Waals surface area contributed by atoms with Crippen LogP contribution in [0.2, 0.25) is 0 Å². The van der Waals surface area contributed by atoms with Crippen molar-refractivity contribution in [2.45, 2.75) is 19.8 Å². The molecule has 0 aromatic heterocycles. The van der Waals surface area contributed by atoms with Crippen LogP contribution in [0, 0.1) is 0 Å². The Morgan fingerprint density at radius 3 is 2.73 bits per heavy atom. The zero-order valence-electron chi connectivity index (χ0n) is 6.71. The normalized spacial score (nSPS) is 11.5. The van der Waals surface area contributed by atoms with E-state index in [2.05, 4.69) is 15.9 Å². The summed E-state index contributed by atoms with van der Waals surface area (Å²) in [4.78, 5) is 10.3. The Kier molecular flexibility index (Phi) is 7.15. The highest BCUT2D eigenvalue weighted by Crippen LogP contribution is 2.25. The van der Waals surface area contributed by atoms with Crippen molar-refractivity contribution in [3.8, 4) is 0 Å². The number of rotatable bonds is 6. The molecule has 5 heteroatoms. The highest BCUT2D eigenvalue weighted by atomic mass is 32.0. The van der Waals surface area contributed by atoms with Gasteiger partial charge in [0.25, 0.3) is 0 Å². The van der Waals surface area contributed by atoms with Crippen molar-refractivity contribution in [3.63, 3.8) is 0 Å². The molecule has 3 nitrogen and oxygen atoms in total. The van der Waals surface area contributed by atoms with E-state index in [1.807, 2.05) is 4.67 Å². The first kappa shape index (κ1) is 11.3. The summed E-state index contributed by atoms with van der Waals surface area (Å²) in [6, 6.07) is 0. The van der Waals surface area contributed by atoms with Gasteiger partial charge < -0.3 is 5.11 Å². The van der Waals surface area contributed by atoms with Crippen LogP contribution in [0.1, 0.15) is 19.8 Å². The lowest BCUT2D eigenvalue weighted by Crippen LogP contribution is -2.22.